The first kappa shape index (κ1) is 13.6. The molecule has 0 bridgehead atoms. The summed E-state index contributed by atoms with van der Waals surface area (Å²) in [7, 11) is 0. The van der Waals surface area contributed by atoms with Gasteiger partial charge in [0.1, 0.15) is 5.75 Å². The molecule has 1 rings (SSSR count). The average Bonchev–Trinajstić information content (AvgIpc) is 2.25. The number of nitrogens with one attached hydrogen (secondary N) is 1. The van der Waals surface area contributed by atoms with Crippen LogP contribution >= 0.6 is 0 Å². The molecule has 1 atom stereocenters. The second-order valence-electron chi connectivity index (χ2n) is 3.56. The van der Waals surface area contributed by atoms with Crippen LogP contribution in [0, 0.1) is 0 Å². The molecule has 0 aromatic heterocycles. The van der Waals surface area contributed by atoms with Crippen molar-refractivity contribution in [3.8, 4) is 5.75 Å². The van der Waals surface area contributed by atoms with Crippen LogP contribution in [0.2, 0.25) is 0 Å². The van der Waals surface area contributed by atoms with Crippen molar-refractivity contribution >= 4 is 0 Å². The lowest BCUT2D eigenvalue weighted by atomic mass is 10.2. The Morgan fingerprint density at radius 1 is 1.41 bits per heavy atom. The van der Waals surface area contributed by atoms with Gasteiger partial charge in [-0.3, -0.25) is 0 Å². The maximum atomic E-state index is 12.1. The van der Waals surface area contributed by atoms with Crippen LogP contribution in [0.4, 0.5) is 13.2 Å². The number of alkyl halides is 3. The Balaban J connectivity index is 2.74. The van der Waals surface area contributed by atoms with E-state index >= 15 is 0 Å². The third-order valence-electron chi connectivity index (χ3n) is 2.17. The summed E-state index contributed by atoms with van der Waals surface area (Å²) in [5.41, 5.74) is 0.457. The summed E-state index contributed by atoms with van der Waals surface area (Å²) in [6, 6.07) is 6.07. The largest absolute Gasteiger partial charge is 0.573 e. The Bertz CT molecular complexity index is 376. The van der Waals surface area contributed by atoms with Crippen molar-refractivity contribution in [2.24, 2.45) is 0 Å². The van der Waals surface area contributed by atoms with Crippen LogP contribution < -0.4 is 10.1 Å². The fraction of sp³-hybridized carbons (Fsp3) is 0.333. The highest BCUT2D eigenvalue weighted by molar-refractivity contribution is 5.33. The van der Waals surface area contributed by atoms with Crippen LogP contribution in [-0.2, 0) is 6.54 Å². The van der Waals surface area contributed by atoms with Gasteiger partial charge in [-0.2, -0.15) is 0 Å². The molecule has 0 saturated heterocycles. The third kappa shape index (κ3) is 4.91. The highest BCUT2D eigenvalue weighted by Crippen LogP contribution is 2.26. The summed E-state index contributed by atoms with van der Waals surface area (Å²) in [5, 5.41) is 3.01. The first-order valence-electron chi connectivity index (χ1n) is 5.12. The van der Waals surface area contributed by atoms with Gasteiger partial charge in [-0.25, -0.2) is 0 Å². The van der Waals surface area contributed by atoms with Crippen molar-refractivity contribution in [3.63, 3.8) is 0 Å². The zero-order valence-corrected chi connectivity index (χ0v) is 9.42. The molecule has 1 N–H and O–H groups in total. The van der Waals surface area contributed by atoms with Gasteiger partial charge < -0.3 is 10.1 Å². The zero-order valence-electron chi connectivity index (χ0n) is 9.42. The van der Waals surface area contributed by atoms with E-state index in [1.165, 1.54) is 12.1 Å². The molecule has 1 aromatic carbocycles. The lowest BCUT2D eigenvalue weighted by Crippen LogP contribution is -2.24. The number of benzene rings is 1. The van der Waals surface area contributed by atoms with E-state index in [1.807, 2.05) is 6.92 Å². The topological polar surface area (TPSA) is 21.3 Å². The van der Waals surface area contributed by atoms with Crippen molar-refractivity contribution in [1.82, 2.24) is 5.32 Å². The number of ether oxygens (including phenoxy) is 1. The summed E-state index contributed by atoms with van der Waals surface area (Å²) < 4.78 is 40.3. The van der Waals surface area contributed by atoms with Crippen molar-refractivity contribution in [2.75, 3.05) is 0 Å². The van der Waals surface area contributed by atoms with Gasteiger partial charge in [-0.1, -0.05) is 24.3 Å². The van der Waals surface area contributed by atoms with Crippen LogP contribution in [0.25, 0.3) is 0 Å². The molecule has 94 valence electrons. The molecule has 17 heavy (non-hydrogen) atoms. The van der Waals surface area contributed by atoms with Gasteiger partial charge in [0.15, 0.2) is 0 Å². The van der Waals surface area contributed by atoms with Crippen molar-refractivity contribution in [1.29, 1.82) is 0 Å². The minimum absolute atomic E-state index is 0.0222. The SMILES string of the molecule is C=CC(C)NCc1ccccc1OC(F)(F)F. The average molecular weight is 245 g/mol. The van der Waals surface area contributed by atoms with Crippen LogP contribution in [0.3, 0.4) is 0 Å². The smallest absolute Gasteiger partial charge is 0.405 e. The van der Waals surface area contributed by atoms with Gasteiger partial charge >= 0.3 is 6.36 Å². The Kier molecular flexibility index (Phi) is 4.57. The van der Waals surface area contributed by atoms with E-state index in [1.54, 1.807) is 18.2 Å². The molecule has 0 aliphatic heterocycles. The quantitative estimate of drug-likeness (QED) is 0.804. The third-order valence-corrected chi connectivity index (χ3v) is 2.17. The van der Waals surface area contributed by atoms with Gasteiger partial charge in [-0.05, 0) is 13.0 Å². The molecule has 2 nitrogen and oxygen atoms in total. The highest BCUT2D eigenvalue weighted by atomic mass is 19.4. The summed E-state index contributed by atoms with van der Waals surface area (Å²) in [6.45, 7) is 5.73. The number of rotatable bonds is 5. The van der Waals surface area contributed by atoms with Crippen molar-refractivity contribution < 1.29 is 17.9 Å². The van der Waals surface area contributed by atoms with Crippen LogP contribution in [0.1, 0.15) is 12.5 Å². The monoisotopic (exact) mass is 245 g/mol. The molecule has 0 heterocycles. The van der Waals surface area contributed by atoms with E-state index in [0.717, 1.165) is 0 Å². The first-order chi connectivity index (χ1) is 7.92. The minimum Gasteiger partial charge on any atom is -0.405 e. The lowest BCUT2D eigenvalue weighted by molar-refractivity contribution is -0.274. The summed E-state index contributed by atoms with van der Waals surface area (Å²) in [6.07, 6.45) is -2.99. The maximum Gasteiger partial charge on any atom is 0.573 e. The first-order valence-corrected chi connectivity index (χ1v) is 5.12. The normalized spacial score (nSPS) is 13.2. The zero-order chi connectivity index (χ0) is 12.9. The number of hydrogen-bond acceptors (Lipinski definition) is 2. The molecule has 0 saturated carbocycles. The molecule has 0 aliphatic carbocycles. The van der Waals surface area contributed by atoms with Gasteiger partial charge in [-0.15, -0.1) is 19.8 Å². The molecule has 0 radical (unpaired) electrons. The maximum absolute atomic E-state index is 12.1. The summed E-state index contributed by atoms with van der Waals surface area (Å²) >= 11 is 0. The molecule has 0 spiro atoms. The molecule has 1 unspecified atom stereocenters. The van der Waals surface area contributed by atoms with Gasteiger partial charge in [0.25, 0.3) is 0 Å². The standard InChI is InChI=1S/C12H14F3NO/c1-3-9(2)16-8-10-6-4-5-7-11(10)17-12(13,14)15/h3-7,9,16H,1,8H2,2H3. The van der Waals surface area contributed by atoms with Crippen LogP contribution in [-0.4, -0.2) is 12.4 Å². The van der Waals surface area contributed by atoms with Crippen LogP contribution in [0.15, 0.2) is 36.9 Å². The molecule has 5 heteroatoms. The van der Waals surface area contributed by atoms with E-state index in [0.29, 0.717) is 12.1 Å². The Morgan fingerprint density at radius 3 is 2.65 bits per heavy atom. The summed E-state index contributed by atoms with van der Waals surface area (Å²) in [4.78, 5) is 0. The number of para-hydroxylation sites is 1. The lowest BCUT2D eigenvalue weighted by Gasteiger charge is -2.14. The Hall–Kier alpha value is -1.49. The Labute approximate surface area is 98.1 Å². The predicted molar refractivity (Wildman–Crippen MR) is 59.6 cm³/mol. The van der Waals surface area contributed by atoms with Gasteiger partial charge in [0.05, 0.1) is 0 Å². The molecule has 0 amide bonds. The van der Waals surface area contributed by atoms with E-state index < -0.39 is 6.36 Å². The van der Waals surface area contributed by atoms with Crippen molar-refractivity contribution in [2.45, 2.75) is 25.9 Å². The van der Waals surface area contributed by atoms with E-state index in [4.69, 9.17) is 0 Å². The number of halogens is 3. The van der Waals surface area contributed by atoms with E-state index in [9.17, 15) is 13.2 Å². The molecular weight excluding hydrogens is 231 g/mol. The van der Waals surface area contributed by atoms with Crippen LogP contribution in [0.5, 0.6) is 5.75 Å². The fourth-order valence-electron chi connectivity index (χ4n) is 1.23. The molecular formula is C12H14F3NO. The highest BCUT2D eigenvalue weighted by Gasteiger charge is 2.31. The van der Waals surface area contributed by atoms with E-state index in [2.05, 4.69) is 16.6 Å². The molecule has 0 fully saturated rings. The molecule has 1 aromatic rings. The van der Waals surface area contributed by atoms with Crippen molar-refractivity contribution in [3.05, 3.63) is 42.5 Å². The summed E-state index contributed by atoms with van der Waals surface area (Å²) in [5.74, 6) is -0.177. The minimum atomic E-state index is -4.67. The fourth-order valence-corrected chi connectivity index (χ4v) is 1.23. The Morgan fingerprint density at radius 2 is 2.06 bits per heavy atom. The van der Waals surface area contributed by atoms with E-state index in [-0.39, 0.29) is 11.8 Å². The predicted octanol–water partition coefficient (Wildman–Crippen LogP) is 3.25. The molecule has 0 aliphatic rings. The second-order valence-corrected chi connectivity index (χ2v) is 3.56. The number of hydrogen-bond donors (Lipinski definition) is 1. The van der Waals surface area contributed by atoms with Gasteiger partial charge in [0.2, 0.25) is 0 Å². The van der Waals surface area contributed by atoms with Gasteiger partial charge in [0, 0.05) is 18.2 Å². The second kappa shape index (κ2) is 5.72.